The molecule has 0 aliphatic heterocycles. The molecule has 2 nitrogen and oxygen atoms in total. The molecule has 0 aliphatic rings. The Morgan fingerprint density at radius 1 is 0.286 bits per heavy atom. The zero-order chi connectivity index (χ0) is 37.0. The van der Waals surface area contributed by atoms with Crippen molar-refractivity contribution in [1.82, 2.24) is 4.57 Å². The molecule has 262 valence electrons. The second-order valence-electron chi connectivity index (χ2n) is 14.5. The Kier molecular flexibility index (Phi) is 7.53. The van der Waals surface area contributed by atoms with E-state index >= 15 is 0 Å². The molecule has 2 heteroatoms. The molecule has 11 aromatic rings. The molecule has 2 heterocycles. The highest BCUT2D eigenvalue weighted by Gasteiger charge is 2.22. The Morgan fingerprint density at radius 3 is 1.54 bits per heavy atom. The molecule has 0 fully saturated rings. The van der Waals surface area contributed by atoms with E-state index in [-0.39, 0.29) is 0 Å². The molecule has 0 saturated carbocycles. The van der Waals surface area contributed by atoms with E-state index in [1.807, 2.05) is 0 Å². The summed E-state index contributed by atoms with van der Waals surface area (Å²) in [7, 11) is 0. The summed E-state index contributed by atoms with van der Waals surface area (Å²) in [4.78, 5) is 0. The summed E-state index contributed by atoms with van der Waals surface area (Å²) in [5, 5.41) is 4.67. The van der Waals surface area contributed by atoms with E-state index in [0.717, 1.165) is 49.8 Å². The van der Waals surface area contributed by atoms with Gasteiger partial charge in [0.1, 0.15) is 11.2 Å². The van der Waals surface area contributed by atoms with Crippen LogP contribution in [0.2, 0.25) is 0 Å². The van der Waals surface area contributed by atoms with Gasteiger partial charge in [-0.3, -0.25) is 0 Å². The van der Waals surface area contributed by atoms with Gasteiger partial charge in [-0.25, -0.2) is 0 Å². The molecule has 2 aromatic heterocycles. The molecule has 0 N–H and O–H groups in total. The van der Waals surface area contributed by atoms with Gasteiger partial charge in [-0.15, -0.1) is 0 Å². The third kappa shape index (κ3) is 5.26. The fourth-order valence-electron chi connectivity index (χ4n) is 8.65. The van der Waals surface area contributed by atoms with Crippen LogP contribution >= 0.6 is 0 Å². The van der Waals surface area contributed by atoms with Gasteiger partial charge in [-0.1, -0.05) is 152 Å². The van der Waals surface area contributed by atoms with Gasteiger partial charge in [-0.05, 0) is 116 Å². The predicted octanol–water partition coefficient (Wildman–Crippen LogP) is 15.0. The molecule has 0 spiro atoms. The third-order valence-electron chi connectivity index (χ3n) is 11.2. The first-order valence-electron chi connectivity index (χ1n) is 19.2. The molecule has 0 aliphatic carbocycles. The van der Waals surface area contributed by atoms with Crippen LogP contribution in [0.3, 0.4) is 0 Å². The van der Waals surface area contributed by atoms with Gasteiger partial charge in [-0.2, -0.15) is 0 Å². The van der Waals surface area contributed by atoms with Crippen LogP contribution in [0.4, 0.5) is 0 Å². The number of hydrogen-bond acceptors (Lipinski definition) is 1. The van der Waals surface area contributed by atoms with E-state index in [9.17, 15) is 0 Å². The Morgan fingerprint density at radius 2 is 0.857 bits per heavy atom. The summed E-state index contributed by atoms with van der Waals surface area (Å²) in [5.41, 5.74) is 17.0. The highest BCUT2D eigenvalue weighted by molar-refractivity contribution is 6.29. The van der Waals surface area contributed by atoms with Gasteiger partial charge in [0.2, 0.25) is 0 Å². The normalized spacial score (nSPS) is 11.6. The molecule has 0 radical (unpaired) electrons. The predicted molar refractivity (Wildman–Crippen MR) is 235 cm³/mol. The van der Waals surface area contributed by atoms with E-state index in [4.69, 9.17) is 4.42 Å². The van der Waals surface area contributed by atoms with Crippen molar-refractivity contribution in [3.05, 3.63) is 212 Å². The number of furan rings is 1. The molecule has 9 aromatic carbocycles. The van der Waals surface area contributed by atoms with E-state index in [0.29, 0.717) is 0 Å². The molecule has 0 bridgehead atoms. The van der Waals surface area contributed by atoms with Crippen LogP contribution in [-0.2, 0) is 0 Å². The standard InChI is InChI=1S/C54H35NO/c1-5-16-36(17-6-1)39-28-29-44(47(35-39)42-33-40(37-18-7-2-8-19-37)32-41(34-42)38-20-9-3-10-21-38)45-25-15-27-50-53(45)54-51(56-50)31-30-49-52(54)46-24-13-14-26-48(46)55(49)43-22-11-4-12-23-43/h1-35H. The average Bonchev–Trinajstić information content (AvgIpc) is 3.83. The molecule has 0 unspecified atom stereocenters. The summed E-state index contributed by atoms with van der Waals surface area (Å²) in [5.74, 6) is 0. The van der Waals surface area contributed by atoms with Gasteiger partial charge < -0.3 is 8.98 Å². The fraction of sp³-hybridized carbons (Fsp3) is 0. The largest absolute Gasteiger partial charge is 0.456 e. The molecule has 56 heavy (non-hydrogen) atoms. The number of aromatic nitrogens is 1. The number of nitrogens with zero attached hydrogens (tertiary/aromatic N) is 1. The van der Waals surface area contributed by atoms with Crippen molar-refractivity contribution in [3.8, 4) is 61.3 Å². The second kappa shape index (κ2) is 13.2. The van der Waals surface area contributed by atoms with Crippen molar-refractivity contribution in [2.75, 3.05) is 0 Å². The summed E-state index contributed by atoms with van der Waals surface area (Å²) in [6.45, 7) is 0. The van der Waals surface area contributed by atoms with E-state index in [2.05, 4.69) is 217 Å². The molecule has 0 saturated heterocycles. The van der Waals surface area contributed by atoms with Crippen LogP contribution in [0.5, 0.6) is 0 Å². The van der Waals surface area contributed by atoms with Crippen molar-refractivity contribution in [2.24, 2.45) is 0 Å². The number of para-hydroxylation sites is 2. The second-order valence-corrected chi connectivity index (χ2v) is 14.5. The van der Waals surface area contributed by atoms with Gasteiger partial charge >= 0.3 is 0 Å². The zero-order valence-electron chi connectivity index (χ0n) is 30.6. The van der Waals surface area contributed by atoms with Crippen LogP contribution in [-0.4, -0.2) is 4.57 Å². The van der Waals surface area contributed by atoms with E-state index in [1.165, 1.54) is 55.2 Å². The smallest absolute Gasteiger partial charge is 0.136 e. The molecule has 11 rings (SSSR count). The SMILES string of the molecule is c1ccc(-c2cc(-c3ccccc3)cc(-c3cc(-c4ccccc4)ccc3-c3cccc4oc5ccc6c(c7ccccc7n6-c6ccccc6)c5c34)c2)cc1. The first-order chi connectivity index (χ1) is 27.8. The van der Waals surface area contributed by atoms with Gasteiger partial charge in [0, 0.05) is 27.2 Å². The van der Waals surface area contributed by atoms with Crippen molar-refractivity contribution in [1.29, 1.82) is 0 Å². The highest BCUT2D eigenvalue weighted by atomic mass is 16.3. The lowest BCUT2D eigenvalue weighted by Crippen LogP contribution is -1.92. The van der Waals surface area contributed by atoms with Gasteiger partial charge in [0.05, 0.1) is 11.0 Å². The molecule has 0 amide bonds. The molecular weight excluding hydrogens is 679 g/mol. The Bertz CT molecular complexity index is 3150. The Hall–Kier alpha value is -7.42. The minimum Gasteiger partial charge on any atom is -0.456 e. The van der Waals surface area contributed by atoms with Crippen molar-refractivity contribution in [3.63, 3.8) is 0 Å². The summed E-state index contributed by atoms with van der Waals surface area (Å²) in [6, 6.07) is 76.4. The molecular formula is C54H35NO. The number of benzene rings is 9. The minimum atomic E-state index is 0.877. The topological polar surface area (TPSA) is 18.1 Å². The minimum absolute atomic E-state index is 0.877. The Balaban J connectivity index is 1.23. The van der Waals surface area contributed by atoms with Crippen LogP contribution in [0, 0.1) is 0 Å². The number of rotatable bonds is 6. The zero-order valence-corrected chi connectivity index (χ0v) is 30.6. The van der Waals surface area contributed by atoms with Crippen molar-refractivity contribution < 1.29 is 4.42 Å². The van der Waals surface area contributed by atoms with Crippen molar-refractivity contribution >= 4 is 43.7 Å². The molecule has 0 atom stereocenters. The van der Waals surface area contributed by atoms with Crippen LogP contribution in [0.1, 0.15) is 0 Å². The third-order valence-corrected chi connectivity index (χ3v) is 11.2. The fourth-order valence-corrected chi connectivity index (χ4v) is 8.65. The summed E-state index contributed by atoms with van der Waals surface area (Å²) < 4.78 is 9.15. The highest BCUT2D eigenvalue weighted by Crippen LogP contribution is 2.47. The average molecular weight is 714 g/mol. The Labute approximate surface area is 325 Å². The lowest BCUT2D eigenvalue weighted by Gasteiger charge is -2.17. The van der Waals surface area contributed by atoms with E-state index < -0.39 is 0 Å². The maximum absolute atomic E-state index is 6.77. The van der Waals surface area contributed by atoms with E-state index in [1.54, 1.807) is 0 Å². The van der Waals surface area contributed by atoms with Crippen LogP contribution in [0.15, 0.2) is 217 Å². The first-order valence-corrected chi connectivity index (χ1v) is 19.2. The van der Waals surface area contributed by atoms with Gasteiger partial charge in [0.25, 0.3) is 0 Å². The summed E-state index contributed by atoms with van der Waals surface area (Å²) >= 11 is 0. The summed E-state index contributed by atoms with van der Waals surface area (Å²) in [6.07, 6.45) is 0. The number of hydrogen-bond donors (Lipinski definition) is 0. The maximum Gasteiger partial charge on any atom is 0.136 e. The number of fused-ring (bicyclic) bond motifs is 7. The first kappa shape index (κ1) is 32.0. The lowest BCUT2D eigenvalue weighted by atomic mass is 9.86. The monoisotopic (exact) mass is 713 g/mol. The lowest BCUT2D eigenvalue weighted by molar-refractivity contribution is 0.669. The van der Waals surface area contributed by atoms with Gasteiger partial charge in [0.15, 0.2) is 0 Å². The van der Waals surface area contributed by atoms with Crippen LogP contribution in [0.25, 0.3) is 105 Å². The van der Waals surface area contributed by atoms with Crippen LogP contribution < -0.4 is 0 Å². The quantitative estimate of drug-likeness (QED) is 0.168. The maximum atomic E-state index is 6.77. The van der Waals surface area contributed by atoms with Crippen molar-refractivity contribution in [2.45, 2.75) is 0 Å².